The molecule has 1 nitrogen and oxygen atoms in total. The highest BCUT2D eigenvalue weighted by Gasteiger charge is 2.39. The van der Waals surface area contributed by atoms with Gasteiger partial charge in [0.1, 0.15) is 0 Å². The molecule has 0 radical (unpaired) electrons. The van der Waals surface area contributed by atoms with Gasteiger partial charge in [-0.25, -0.2) is 0 Å². The summed E-state index contributed by atoms with van der Waals surface area (Å²) in [4.78, 5) is 0. The molecule has 17 heavy (non-hydrogen) atoms. The Morgan fingerprint density at radius 1 is 1.35 bits per heavy atom. The summed E-state index contributed by atoms with van der Waals surface area (Å²) in [5.74, 6) is 0.721. The summed E-state index contributed by atoms with van der Waals surface area (Å²) in [6, 6.07) is 9.06. The maximum atomic E-state index is 6.02. The molecule has 0 aromatic heterocycles. The summed E-state index contributed by atoms with van der Waals surface area (Å²) in [6.45, 7) is 3.59. The lowest BCUT2D eigenvalue weighted by atomic mass is 9.76. The van der Waals surface area contributed by atoms with Crippen molar-refractivity contribution in [1.82, 2.24) is 5.32 Å². The maximum Gasteiger partial charge on any atom is 0.0408 e. The van der Waals surface area contributed by atoms with Crippen LogP contribution in [0.3, 0.4) is 0 Å². The fourth-order valence-corrected chi connectivity index (χ4v) is 2.80. The Balaban J connectivity index is 1.47. The van der Waals surface area contributed by atoms with E-state index in [0.717, 1.165) is 17.0 Å². The first-order chi connectivity index (χ1) is 8.15. The molecule has 0 bridgehead atoms. The number of nitrogens with one attached hydrogen (secondary N) is 1. The summed E-state index contributed by atoms with van der Waals surface area (Å²) in [5.41, 5.74) is 2.04. The average molecular weight is 250 g/mol. The van der Waals surface area contributed by atoms with Crippen LogP contribution in [0.25, 0.3) is 0 Å². The third-order valence-electron chi connectivity index (χ3n) is 4.38. The Hall–Kier alpha value is -0.530. The fourth-order valence-electron chi connectivity index (χ4n) is 2.60. The molecule has 2 saturated carbocycles. The first-order valence-corrected chi connectivity index (χ1v) is 7.01. The van der Waals surface area contributed by atoms with Crippen LogP contribution in [0.2, 0.25) is 5.02 Å². The van der Waals surface area contributed by atoms with Gasteiger partial charge in [-0.1, -0.05) is 30.7 Å². The molecule has 0 amide bonds. The van der Waals surface area contributed by atoms with Crippen molar-refractivity contribution in [2.45, 2.75) is 44.6 Å². The zero-order valence-electron chi connectivity index (χ0n) is 10.4. The molecule has 2 aliphatic rings. The second kappa shape index (κ2) is 4.29. The molecule has 0 heterocycles. The van der Waals surface area contributed by atoms with Crippen LogP contribution in [-0.2, 0) is 0 Å². The van der Waals surface area contributed by atoms with Crippen LogP contribution in [0, 0.1) is 5.41 Å². The Kier molecular flexibility index (Phi) is 2.92. The molecule has 0 spiro atoms. The van der Waals surface area contributed by atoms with Gasteiger partial charge in [0, 0.05) is 17.6 Å². The SMILES string of the molecule is CC1(CNC2CC(c3cccc(Cl)c3)C2)CC1. The summed E-state index contributed by atoms with van der Waals surface area (Å²) in [6.07, 6.45) is 5.36. The molecule has 3 rings (SSSR count). The molecule has 0 atom stereocenters. The van der Waals surface area contributed by atoms with Crippen molar-refractivity contribution >= 4 is 11.6 Å². The van der Waals surface area contributed by atoms with E-state index >= 15 is 0 Å². The first kappa shape index (κ1) is 11.6. The van der Waals surface area contributed by atoms with Crippen molar-refractivity contribution in [3.63, 3.8) is 0 Å². The van der Waals surface area contributed by atoms with E-state index in [1.807, 2.05) is 6.07 Å². The number of hydrogen-bond donors (Lipinski definition) is 1. The van der Waals surface area contributed by atoms with Crippen molar-refractivity contribution < 1.29 is 0 Å². The van der Waals surface area contributed by atoms with Crippen molar-refractivity contribution in [1.29, 1.82) is 0 Å². The number of halogens is 1. The van der Waals surface area contributed by atoms with Gasteiger partial charge in [-0.2, -0.15) is 0 Å². The Morgan fingerprint density at radius 2 is 2.12 bits per heavy atom. The van der Waals surface area contributed by atoms with Gasteiger partial charge in [-0.15, -0.1) is 0 Å². The highest BCUT2D eigenvalue weighted by atomic mass is 35.5. The normalized spacial score (nSPS) is 29.8. The van der Waals surface area contributed by atoms with Crippen LogP contribution >= 0.6 is 11.6 Å². The second-order valence-corrected chi connectivity index (χ2v) is 6.55. The largest absolute Gasteiger partial charge is 0.313 e. The van der Waals surface area contributed by atoms with Gasteiger partial charge in [0.15, 0.2) is 0 Å². The minimum absolute atomic E-state index is 0.626. The molecule has 2 fully saturated rings. The Bertz CT molecular complexity index is 405. The van der Waals surface area contributed by atoms with Gasteiger partial charge in [-0.05, 0) is 54.7 Å². The van der Waals surface area contributed by atoms with Gasteiger partial charge in [0.05, 0.1) is 0 Å². The lowest BCUT2D eigenvalue weighted by molar-refractivity contribution is 0.275. The molecule has 1 aromatic carbocycles. The summed E-state index contributed by atoms with van der Waals surface area (Å²) >= 11 is 6.02. The van der Waals surface area contributed by atoms with Crippen LogP contribution in [0.4, 0.5) is 0 Å². The van der Waals surface area contributed by atoms with Gasteiger partial charge < -0.3 is 5.32 Å². The molecule has 0 aliphatic heterocycles. The van der Waals surface area contributed by atoms with Crippen molar-refractivity contribution in [3.05, 3.63) is 34.9 Å². The average Bonchev–Trinajstić information content (AvgIpc) is 2.94. The molecule has 2 aliphatic carbocycles. The first-order valence-electron chi connectivity index (χ1n) is 6.63. The number of rotatable bonds is 4. The van der Waals surface area contributed by atoms with Crippen molar-refractivity contribution in [2.75, 3.05) is 6.54 Å². The predicted molar refractivity (Wildman–Crippen MR) is 72.6 cm³/mol. The second-order valence-electron chi connectivity index (χ2n) is 6.11. The molecule has 1 N–H and O–H groups in total. The lowest BCUT2D eigenvalue weighted by Crippen LogP contribution is -2.42. The molecular weight excluding hydrogens is 230 g/mol. The topological polar surface area (TPSA) is 12.0 Å². The summed E-state index contributed by atoms with van der Waals surface area (Å²) in [5, 5.41) is 4.57. The molecule has 1 aromatic rings. The summed E-state index contributed by atoms with van der Waals surface area (Å²) in [7, 11) is 0. The molecular formula is C15H20ClN. The quantitative estimate of drug-likeness (QED) is 0.851. The van der Waals surface area contributed by atoms with E-state index in [-0.39, 0.29) is 0 Å². The number of hydrogen-bond acceptors (Lipinski definition) is 1. The smallest absolute Gasteiger partial charge is 0.0408 e. The van der Waals surface area contributed by atoms with E-state index in [2.05, 4.69) is 30.4 Å². The minimum Gasteiger partial charge on any atom is -0.313 e. The highest BCUT2D eigenvalue weighted by molar-refractivity contribution is 6.30. The lowest BCUT2D eigenvalue weighted by Gasteiger charge is -2.37. The van der Waals surface area contributed by atoms with Gasteiger partial charge >= 0.3 is 0 Å². The molecule has 92 valence electrons. The molecule has 0 saturated heterocycles. The number of benzene rings is 1. The monoisotopic (exact) mass is 249 g/mol. The van der Waals surface area contributed by atoms with E-state index in [4.69, 9.17) is 11.6 Å². The Labute approximate surface area is 109 Å². The zero-order valence-corrected chi connectivity index (χ0v) is 11.1. The maximum absolute atomic E-state index is 6.02. The van der Waals surface area contributed by atoms with E-state index < -0.39 is 0 Å². The van der Waals surface area contributed by atoms with Crippen LogP contribution in [0.1, 0.15) is 44.1 Å². The van der Waals surface area contributed by atoms with Crippen molar-refractivity contribution in [2.24, 2.45) is 5.41 Å². The predicted octanol–water partition coefficient (Wildman–Crippen LogP) is 3.98. The van der Waals surface area contributed by atoms with Gasteiger partial charge in [0.25, 0.3) is 0 Å². The fraction of sp³-hybridized carbons (Fsp3) is 0.600. The van der Waals surface area contributed by atoms with Crippen LogP contribution in [0.15, 0.2) is 24.3 Å². The van der Waals surface area contributed by atoms with Gasteiger partial charge in [0.2, 0.25) is 0 Å². The Morgan fingerprint density at radius 3 is 2.76 bits per heavy atom. The van der Waals surface area contributed by atoms with E-state index in [1.54, 1.807) is 0 Å². The highest BCUT2D eigenvalue weighted by Crippen LogP contribution is 2.45. The zero-order chi connectivity index (χ0) is 11.9. The van der Waals surface area contributed by atoms with Crippen LogP contribution < -0.4 is 5.32 Å². The van der Waals surface area contributed by atoms with E-state index in [1.165, 1.54) is 37.8 Å². The van der Waals surface area contributed by atoms with Crippen LogP contribution in [0.5, 0.6) is 0 Å². The van der Waals surface area contributed by atoms with Crippen molar-refractivity contribution in [3.8, 4) is 0 Å². The molecule has 2 heteroatoms. The standard InChI is InChI=1S/C15H20ClN/c1-15(5-6-15)10-17-14-8-12(9-14)11-3-2-4-13(16)7-11/h2-4,7,12,14,17H,5-6,8-10H2,1H3. The molecule has 0 unspecified atom stereocenters. The van der Waals surface area contributed by atoms with E-state index in [0.29, 0.717) is 5.41 Å². The van der Waals surface area contributed by atoms with E-state index in [9.17, 15) is 0 Å². The van der Waals surface area contributed by atoms with Gasteiger partial charge in [-0.3, -0.25) is 0 Å². The summed E-state index contributed by atoms with van der Waals surface area (Å²) < 4.78 is 0. The minimum atomic E-state index is 0.626. The van der Waals surface area contributed by atoms with Crippen LogP contribution in [-0.4, -0.2) is 12.6 Å². The third kappa shape index (κ3) is 2.66. The third-order valence-corrected chi connectivity index (χ3v) is 4.61.